The average molecular weight is 296 g/mol. The van der Waals surface area contributed by atoms with Gasteiger partial charge in [0.05, 0.1) is 0 Å². The van der Waals surface area contributed by atoms with E-state index in [1.165, 1.54) is 25.8 Å². The zero-order valence-electron chi connectivity index (χ0n) is 13.8. The Morgan fingerprint density at radius 1 is 1.24 bits per heavy atom. The predicted molar refractivity (Wildman–Crippen MR) is 86.2 cm³/mol. The molecule has 2 fully saturated rings. The van der Waals surface area contributed by atoms with Gasteiger partial charge in [0.2, 0.25) is 5.91 Å². The van der Waals surface area contributed by atoms with E-state index in [1.54, 1.807) is 0 Å². The van der Waals surface area contributed by atoms with Gasteiger partial charge >= 0.3 is 0 Å². The third kappa shape index (κ3) is 4.18. The Bertz CT molecular complexity index is 332. The van der Waals surface area contributed by atoms with E-state index in [0.29, 0.717) is 19.0 Å². The number of carbonyl (C=O) groups excluding carboxylic acids is 1. The Balaban J connectivity index is 1.90. The fourth-order valence-electron chi connectivity index (χ4n) is 3.78. The molecule has 0 saturated carbocycles. The molecule has 2 unspecified atom stereocenters. The van der Waals surface area contributed by atoms with Gasteiger partial charge in [0.25, 0.3) is 0 Å². The largest absolute Gasteiger partial charge is 0.343 e. The first-order chi connectivity index (χ1) is 10.2. The van der Waals surface area contributed by atoms with Crippen LogP contribution in [-0.4, -0.2) is 78.5 Å². The summed E-state index contributed by atoms with van der Waals surface area (Å²) < 4.78 is 0. The van der Waals surface area contributed by atoms with Crippen LogP contribution < -0.4 is 5.73 Å². The van der Waals surface area contributed by atoms with E-state index in [9.17, 15) is 4.79 Å². The quantitative estimate of drug-likeness (QED) is 0.785. The van der Waals surface area contributed by atoms with Crippen LogP contribution in [0.4, 0.5) is 0 Å². The number of amides is 1. The fourth-order valence-corrected chi connectivity index (χ4v) is 3.78. The molecule has 1 amide bonds. The Hall–Kier alpha value is -0.650. The van der Waals surface area contributed by atoms with Gasteiger partial charge in [-0.25, -0.2) is 0 Å². The second-order valence-corrected chi connectivity index (χ2v) is 6.34. The number of fused-ring (bicyclic) bond motifs is 1. The van der Waals surface area contributed by atoms with Crippen molar-refractivity contribution in [1.29, 1.82) is 0 Å². The van der Waals surface area contributed by atoms with Crippen molar-refractivity contribution >= 4 is 5.91 Å². The van der Waals surface area contributed by atoms with Gasteiger partial charge in [-0.05, 0) is 33.2 Å². The van der Waals surface area contributed by atoms with E-state index < -0.39 is 0 Å². The number of nitrogens with two attached hydrogens (primary N) is 1. The minimum atomic E-state index is 0.210. The summed E-state index contributed by atoms with van der Waals surface area (Å²) in [6.07, 6.45) is 4.57. The van der Waals surface area contributed by atoms with E-state index >= 15 is 0 Å². The maximum Gasteiger partial charge on any atom is 0.224 e. The third-order valence-electron chi connectivity index (χ3n) is 5.18. The van der Waals surface area contributed by atoms with Gasteiger partial charge in [0.1, 0.15) is 0 Å². The van der Waals surface area contributed by atoms with Crippen LogP contribution in [0.5, 0.6) is 0 Å². The molecule has 5 heteroatoms. The highest BCUT2D eigenvalue weighted by Gasteiger charge is 2.32. The molecule has 2 atom stereocenters. The SMILES string of the molecule is CCN(CC)C(=O)CC(CN)N1CCN2CCCCC2C1. The van der Waals surface area contributed by atoms with Crippen molar-refractivity contribution in [1.82, 2.24) is 14.7 Å². The number of piperidine rings is 1. The van der Waals surface area contributed by atoms with Crippen LogP contribution in [0.1, 0.15) is 39.5 Å². The van der Waals surface area contributed by atoms with Crippen molar-refractivity contribution in [3.05, 3.63) is 0 Å². The lowest BCUT2D eigenvalue weighted by Crippen LogP contribution is -2.59. The van der Waals surface area contributed by atoms with Crippen LogP contribution in [0.15, 0.2) is 0 Å². The number of hydrogen-bond donors (Lipinski definition) is 1. The molecule has 0 aliphatic carbocycles. The minimum Gasteiger partial charge on any atom is -0.343 e. The number of piperazine rings is 1. The van der Waals surface area contributed by atoms with E-state index in [2.05, 4.69) is 9.80 Å². The molecule has 2 heterocycles. The molecule has 21 heavy (non-hydrogen) atoms. The second kappa shape index (κ2) is 8.11. The molecule has 2 aliphatic heterocycles. The summed E-state index contributed by atoms with van der Waals surface area (Å²) in [5.74, 6) is 0.251. The molecular formula is C16H32N4O. The lowest BCUT2D eigenvalue weighted by molar-refractivity contribution is -0.132. The maximum absolute atomic E-state index is 12.3. The Morgan fingerprint density at radius 2 is 2.00 bits per heavy atom. The molecule has 0 spiro atoms. The highest BCUT2D eigenvalue weighted by atomic mass is 16.2. The smallest absolute Gasteiger partial charge is 0.224 e. The van der Waals surface area contributed by atoms with Crippen LogP contribution in [0.2, 0.25) is 0 Å². The van der Waals surface area contributed by atoms with Gasteiger partial charge in [-0.15, -0.1) is 0 Å². The van der Waals surface area contributed by atoms with E-state index in [0.717, 1.165) is 32.7 Å². The van der Waals surface area contributed by atoms with Crippen LogP contribution in [0.3, 0.4) is 0 Å². The number of rotatable bonds is 6. The molecule has 2 aliphatic rings. The van der Waals surface area contributed by atoms with Gasteiger partial charge in [-0.2, -0.15) is 0 Å². The Labute approximate surface area is 129 Å². The number of hydrogen-bond acceptors (Lipinski definition) is 4. The summed E-state index contributed by atoms with van der Waals surface area (Å²) in [6.45, 7) is 10.8. The van der Waals surface area contributed by atoms with Gasteiger partial charge in [-0.3, -0.25) is 14.6 Å². The average Bonchev–Trinajstić information content (AvgIpc) is 2.53. The molecule has 122 valence electrons. The van der Waals surface area contributed by atoms with Crippen LogP contribution in [0.25, 0.3) is 0 Å². The summed E-state index contributed by atoms with van der Waals surface area (Å²) in [4.78, 5) is 19.3. The number of nitrogens with zero attached hydrogens (tertiary/aromatic N) is 3. The zero-order valence-corrected chi connectivity index (χ0v) is 13.8. The normalized spacial score (nSPS) is 25.4. The molecule has 0 bridgehead atoms. The summed E-state index contributed by atoms with van der Waals surface area (Å²) in [5, 5.41) is 0. The van der Waals surface area contributed by atoms with Crippen molar-refractivity contribution in [3.8, 4) is 0 Å². The third-order valence-corrected chi connectivity index (χ3v) is 5.18. The van der Waals surface area contributed by atoms with Crippen LogP contribution in [-0.2, 0) is 4.79 Å². The second-order valence-electron chi connectivity index (χ2n) is 6.34. The van der Waals surface area contributed by atoms with Crippen molar-refractivity contribution in [3.63, 3.8) is 0 Å². The van der Waals surface area contributed by atoms with Gasteiger partial charge in [0.15, 0.2) is 0 Å². The van der Waals surface area contributed by atoms with Crippen molar-refractivity contribution < 1.29 is 4.79 Å². The summed E-state index contributed by atoms with van der Waals surface area (Å²) in [5.41, 5.74) is 5.98. The molecule has 2 rings (SSSR count). The summed E-state index contributed by atoms with van der Waals surface area (Å²) in [6, 6.07) is 0.896. The lowest BCUT2D eigenvalue weighted by Gasteiger charge is -2.46. The molecular weight excluding hydrogens is 264 g/mol. The molecule has 0 radical (unpaired) electrons. The summed E-state index contributed by atoms with van der Waals surface area (Å²) in [7, 11) is 0. The first kappa shape index (κ1) is 16.7. The standard InChI is InChI=1S/C16H32N4O/c1-3-18(4-2)16(21)11-15(12-17)20-10-9-19-8-6-5-7-14(19)13-20/h14-15H,3-13,17H2,1-2H3. The van der Waals surface area contributed by atoms with Gasteiger partial charge in [-0.1, -0.05) is 6.42 Å². The molecule has 5 nitrogen and oxygen atoms in total. The van der Waals surface area contributed by atoms with Gasteiger partial charge in [0, 0.05) is 57.8 Å². The molecule has 0 aromatic heterocycles. The zero-order chi connectivity index (χ0) is 15.2. The minimum absolute atomic E-state index is 0.210. The van der Waals surface area contributed by atoms with E-state index in [4.69, 9.17) is 5.73 Å². The highest BCUT2D eigenvalue weighted by molar-refractivity contribution is 5.76. The lowest BCUT2D eigenvalue weighted by atomic mass is 9.98. The first-order valence-electron chi connectivity index (χ1n) is 8.65. The Morgan fingerprint density at radius 3 is 2.67 bits per heavy atom. The number of carbonyl (C=O) groups is 1. The summed E-state index contributed by atoms with van der Waals surface area (Å²) >= 11 is 0. The highest BCUT2D eigenvalue weighted by Crippen LogP contribution is 2.22. The van der Waals surface area contributed by atoms with E-state index in [1.807, 2.05) is 18.7 Å². The van der Waals surface area contributed by atoms with Gasteiger partial charge < -0.3 is 10.6 Å². The topological polar surface area (TPSA) is 52.8 Å². The Kier molecular flexibility index (Phi) is 6.45. The monoisotopic (exact) mass is 296 g/mol. The first-order valence-corrected chi connectivity index (χ1v) is 8.65. The van der Waals surface area contributed by atoms with Crippen LogP contribution in [0, 0.1) is 0 Å². The molecule has 0 aromatic carbocycles. The van der Waals surface area contributed by atoms with Crippen molar-refractivity contribution in [2.45, 2.75) is 51.6 Å². The maximum atomic E-state index is 12.3. The predicted octanol–water partition coefficient (Wildman–Crippen LogP) is 0.742. The molecule has 0 aromatic rings. The fraction of sp³-hybridized carbons (Fsp3) is 0.938. The van der Waals surface area contributed by atoms with Crippen molar-refractivity contribution in [2.75, 3.05) is 45.8 Å². The molecule has 2 N–H and O–H groups in total. The molecule has 2 saturated heterocycles. The van der Waals surface area contributed by atoms with E-state index in [-0.39, 0.29) is 11.9 Å². The van der Waals surface area contributed by atoms with Crippen LogP contribution >= 0.6 is 0 Å². The van der Waals surface area contributed by atoms with Crippen molar-refractivity contribution in [2.24, 2.45) is 5.73 Å².